The van der Waals surface area contributed by atoms with Gasteiger partial charge in [0, 0.05) is 61.4 Å². The summed E-state index contributed by atoms with van der Waals surface area (Å²) in [6, 6.07) is 10.9. The van der Waals surface area contributed by atoms with Gasteiger partial charge < -0.3 is 9.80 Å². The van der Waals surface area contributed by atoms with Crippen molar-refractivity contribution < 1.29 is 9.85 Å². The third-order valence-corrected chi connectivity index (χ3v) is 6.10. The number of rotatable bonds is 5. The average molecular weight is 446 g/mol. The lowest BCUT2D eigenvalue weighted by Gasteiger charge is -2.36. The molecule has 154 valence electrons. The van der Waals surface area contributed by atoms with Gasteiger partial charge in [0.1, 0.15) is 0 Å². The molecule has 2 aromatic carbocycles. The number of thiazole rings is 1. The molecule has 2 heterocycles. The molecule has 0 N–H and O–H groups in total. The summed E-state index contributed by atoms with van der Waals surface area (Å²) in [7, 11) is 0. The molecule has 3 aromatic rings. The number of hydrogen-bond donors (Lipinski definition) is 0. The van der Waals surface area contributed by atoms with E-state index in [4.69, 9.17) is 11.6 Å². The van der Waals surface area contributed by atoms with Crippen molar-refractivity contribution in [1.82, 2.24) is 4.98 Å². The molecular formula is C19H16ClN5O4S. The maximum atomic E-state index is 10.9. The van der Waals surface area contributed by atoms with Gasteiger partial charge in [0.2, 0.25) is 0 Å². The number of aromatic nitrogens is 1. The van der Waals surface area contributed by atoms with Crippen LogP contribution in [-0.2, 0) is 0 Å². The molecule has 0 amide bonds. The fourth-order valence-electron chi connectivity index (χ4n) is 3.30. The monoisotopic (exact) mass is 445 g/mol. The zero-order chi connectivity index (χ0) is 21.3. The SMILES string of the molecule is O=[N+]([O-])c1ccc(-c2csc(N3CCN(c4ccc([N+](=O)[O-])cc4Cl)CC3)n2)cc1. The molecule has 0 saturated carbocycles. The summed E-state index contributed by atoms with van der Waals surface area (Å²) in [6.07, 6.45) is 0. The second kappa shape index (κ2) is 8.25. The highest BCUT2D eigenvalue weighted by atomic mass is 35.5. The number of nitrogens with zero attached hydrogens (tertiary/aromatic N) is 5. The second-order valence-corrected chi connectivity index (χ2v) is 7.93. The van der Waals surface area contributed by atoms with Crippen LogP contribution in [0.15, 0.2) is 47.8 Å². The van der Waals surface area contributed by atoms with E-state index >= 15 is 0 Å². The molecule has 1 fully saturated rings. The third kappa shape index (κ3) is 4.05. The van der Waals surface area contributed by atoms with E-state index in [1.807, 2.05) is 5.38 Å². The summed E-state index contributed by atoms with van der Waals surface area (Å²) in [5.41, 5.74) is 2.43. The van der Waals surface area contributed by atoms with Crippen molar-refractivity contribution in [3.63, 3.8) is 0 Å². The third-order valence-electron chi connectivity index (χ3n) is 4.90. The fraction of sp³-hybridized carbons (Fsp3) is 0.211. The highest BCUT2D eigenvalue weighted by Crippen LogP contribution is 2.32. The quantitative estimate of drug-likeness (QED) is 0.417. The van der Waals surface area contributed by atoms with Crippen molar-refractivity contribution in [2.45, 2.75) is 0 Å². The van der Waals surface area contributed by atoms with Crippen molar-refractivity contribution in [3.05, 3.63) is 73.1 Å². The van der Waals surface area contributed by atoms with Gasteiger partial charge in [0.25, 0.3) is 11.4 Å². The number of hydrogen-bond acceptors (Lipinski definition) is 8. The normalized spacial score (nSPS) is 14.0. The van der Waals surface area contributed by atoms with Gasteiger partial charge in [-0.2, -0.15) is 0 Å². The van der Waals surface area contributed by atoms with Gasteiger partial charge >= 0.3 is 0 Å². The molecule has 4 rings (SSSR count). The van der Waals surface area contributed by atoms with Gasteiger partial charge in [0.15, 0.2) is 5.13 Å². The first-order valence-corrected chi connectivity index (χ1v) is 10.3. The molecular weight excluding hydrogens is 430 g/mol. The van der Waals surface area contributed by atoms with Crippen LogP contribution in [0.5, 0.6) is 0 Å². The second-order valence-electron chi connectivity index (χ2n) is 6.69. The van der Waals surface area contributed by atoms with Crippen LogP contribution in [-0.4, -0.2) is 41.0 Å². The molecule has 1 aliphatic heterocycles. The van der Waals surface area contributed by atoms with E-state index < -0.39 is 9.85 Å². The number of piperazine rings is 1. The molecule has 9 nitrogen and oxygen atoms in total. The lowest BCUT2D eigenvalue weighted by molar-refractivity contribution is -0.385. The zero-order valence-electron chi connectivity index (χ0n) is 15.6. The number of non-ortho nitro benzene ring substituents is 2. The highest BCUT2D eigenvalue weighted by Gasteiger charge is 2.22. The first-order chi connectivity index (χ1) is 14.4. The number of halogens is 1. The summed E-state index contributed by atoms with van der Waals surface area (Å²) >= 11 is 7.78. The number of benzene rings is 2. The lowest BCUT2D eigenvalue weighted by Crippen LogP contribution is -2.46. The van der Waals surface area contributed by atoms with Crippen molar-refractivity contribution >= 4 is 45.1 Å². The van der Waals surface area contributed by atoms with Crippen LogP contribution in [0.2, 0.25) is 5.02 Å². The topological polar surface area (TPSA) is 106 Å². The number of nitro groups is 2. The smallest absolute Gasteiger partial charge is 0.271 e. The molecule has 1 saturated heterocycles. The molecule has 0 bridgehead atoms. The predicted octanol–water partition coefficient (Wildman–Crippen LogP) is 4.61. The minimum absolute atomic E-state index is 0.0241. The molecule has 0 radical (unpaired) electrons. The zero-order valence-corrected chi connectivity index (χ0v) is 17.2. The molecule has 30 heavy (non-hydrogen) atoms. The van der Waals surface area contributed by atoms with Gasteiger partial charge in [-0.25, -0.2) is 4.98 Å². The Morgan fingerprint density at radius 2 is 1.50 bits per heavy atom. The summed E-state index contributed by atoms with van der Waals surface area (Å²) < 4.78 is 0. The molecule has 1 aromatic heterocycles. The molecule has 11 heteroatoms. The van der Waals surface area contributed by atoms with Gasteiger partial charge in [-0.05, 0) is 18.2 Å². The molecule has 0 atom stereocenters. The molecule has 1 aliphatic rings. The van der Waals surface area contributed by atoms with Gasteiger partial charge in [-0.1, -0.05) is 11.6 Å². The Kier molecular flexibility index (Phi) is 5.51. The maximum absolute atomic E-state index is 10.9. The van der Waals surface area contributed by atoms with E-state index in [0.717, 1.165) is 35.2 Å². The highest BCUT2D eigenvalue weighted by molar-refractivity contribution is 7.14. The van der Waals surface area contributed by atoms with Crippen molar-refractivity contribution in [1.29, 1.82) is 0 Å². The Morgan fingerprint density at radius 3 is 2.10 bits per heavy atom. The van der Waals surface area contributed by atoms with Crippen LogP contribution in [0.3, 0.4) is 0 Å². The van der Waals surface area contributed by atoms with Crippen LogP contribution < -0.4 is 9.80 Å². The van der Waals surface area contributed by atoms with Crippen LogP contribution in [0.4, 0.5) is 22.2 Å². The Morgan fingerprint density at radius 1 is 0.900 bits per heavy atom. The minimum atomic E-state index is -0.460. The van der Waals surface area contributed by atoms with Gasteiger partial charge in [0.05, 0.1) is 26.3 Å². The molecule has 0 aliphatic carbocycles. The number of anilines is 2. The Hall–Kier alpha value is -3.24. The lowest BCUT2D eigenvalue weighted by atomic mass is 10.1. The largest absolute Gasteiger partial charge is 0.367 e. The Labute approximate surface area is 180 Å². The first kappa shape index (κ1) is 20.0. The van der Waals surface area contributed by atoms with Gasteiger partial charge in [-0.15, -0.1) is 11.3 Å². The van der Waals surface area contributed by atoms with Crippen LogP contribution in [0.1, 0.15) is 0 Å². The van der Waals surface area contributed by atoms with E-state index in [1.165, 1.54) is 35.6 Å². The van der Waals surface area contributed by atoms with Gasteiger partial charge in [-0.3, -0.25) is 20.2 Å². The van der Waals surface area contributed by atoms with Crippen LogP contribution in [0, 0.1) is 20.2 Å². The summed E-state index contributed by atoms with van der Waals surface area (Å²) in [5.74, 6) is 0. The maximum Gasteiger partial charge on any atom is 0.271 e. The Balaban J connectivity index is 1.42. The van der Waals surface area contributed by atoms with E-state index in [1.54, 1.807) is 18.2 Å². The van der Waals surface area contributed by atoms with Crippen LogP contribution >= 0.6 is 22.9 Å². The van der Waals surface area contributed by atoms with Crippen molar-refractivity contribution in [2.24, 2.45) is 0 Å². The molecule has 0 spiro atoms. The minimum Gasteiger partial charge on any atom is -0.367 e. The van der Waals surface area contributed by atoms with Crippen LogP contribution in [0.25, 0.3) is 11.3 Å². The summed E-state index contributed by atoms with van der Waals surface area (Å²) in [5, 5.41) is 24.9. The summed E-state index contributed by atoms with van der Waals surface area (Å²) in [4.78, 5) is 29.8. The van der Waals surface area contributed by atoms with E-state index in [9.17, 15) is 20.2 Å². The van der Waals surface area contributed by atoms with E-state index in [2.05, 4.69) is 14.8 Å². The Bertz CT molecular complexity index is 1100. The molecule has 0 unspecified atom stereocenters. The number of nitro benzene ring substituents is 2. The standard InChI is InChI=1S/C19H16ClN5O4S/c20-16-11-15(25(28)29)5-6-18(16)22-7-9-23(10-8-22)19-21-17(12-30-19)13-1-3-14(4-2-13)24(26)27/h1-6,11-12H,7-10H2. The van der Waals surface area contributed by atoms with E-state index in [-0.39, 0.29) is 11.4 Å². The van der Waals surface area contributed by atoms with Crippen molar-refractivity contribution in [3.8, 4) is 11.3 Å². The fourth-order valence-corrected chi connectivity index (χ4v) is 4.48. The predicted molar refractivity (Wildman–Crippen MR) is 117 cm³/mol. The summed E-state index contributed by atoms with van der Waals surface area (Å²) in [6.45, 7) is 2.90. The average Bonchev–Trinajstić information content (AvgIpc) is 3.24. The van der Waals surface area contributed by atoms with Crippen molar-refractivity contribution in [2.75, 3.05) is 36.0 Å². The first-order valence-electron chi connectivity index (χ1n) is 9.06. The van der Waals surface area contributed by atoms with E-state index in [0.29, 0.717) is 18.1 Å².